The first kappa shape index (κ1) is 30.6. The van der Waals surface area contributed by atoms with Gasteiger partial charge in [0.2, 0.25) is 5.91 Å². The maximum absolute atomic E-state index is 14.4. The molecular weight excluding hydrogens is 550 g/mol. The van der Waals surface area contributed by atoms with Gasteiger partial charge in [-0.2, -0.15) is 0 Å². The average Bonchev–Trinajstić information content (AvgIpc) is 2.95. The van der Waals surface area contributed by atoms with Crippen molar-refractivity contribution >= 4 is 34.7 Å². The van der Waals surface area contributed by atoms with Crippen LogP contribution in [0.1, 0.15) is 42.1 Å². The summed E-state index contributed by atoms with van der Waals surface area (Å²) in [7, 11) is 7.08. The Morgan fingerprint density at radius 3 is 2.28 bits per heavy atom. The number of likely N-dealkylation sites (N-methyl/N-ethyl adjacent to an activating group) is 1. The van der Waals surface area contributed by atoms with Gasteiger partial charge in [-0.1, -0.05) is 31.5 Å². The van der Waals surface area contributed by atoms with Crippen LogP contribution >= 0.6 is 0 Å². The minimum absolute atomic E-state index is 0.0593. The van der Waals surface area contributed by atoms with Gasteiger partial charge in [0, 0.05) is 25.7 Å². The second-order valence-corrected chi connectivity index (χ2v) is 12.4. The molecule has 5 rings (SSSR count). The van der Waals surface area contributed by atoms with Crippen LogP contribution in [0.4, 0.5) is 5.69 Å². The fraction of sp³-hybridized carbons (Fsp3) is 0.485. The highest BCUT2D eigenvalue weighted by Crippen LogP contribution is 2.52. The van der Waals surface area contributed by atoms with Crippen LogP contribution in [0.3, 0.4) is 0 Å². The third-order valence-electron chi connectivity index (χ3n) is 9.38. The molecule has 228 valence electrons. The number of anilines is 1. The number of nitrogens with zero attached hydrogens (tertiary/aromatic N) is 2. The van der Waals surface area contributed by atoms with E-state index in [-0.39, 0.29) is 12.0 Å². The Bertz CT molecular complexity index is 1500. The van der Waals surface area contributed by atoms with E-state index in [1.165, 1.54) is 4.90 Å². The zero-order valence-corrected chi connectivity index (χ0v) is 25.3. The number of fused-ring (bicyclic) bond motifs is 3. The third-order valence-corrected chi connectivity index (χ3v) is 9.38. The van der Waals surface area contributed by atoms with Crippen molar-refractivity contribution in [3.05, 3.63) is 47.5 Å². The summed E-state index contributed by atoms with van der Waals surface area (Å²) in [6.07, 6.45) is 2.02. The molecule has 6 atom stereocenters. The van der Waals surface area contributed by atoms with Crippen LogP contribution in [0, 0.1) is 23.7 Å². The second kappa shape index (κ2) is 11.3. The van der Waals surface area contributed by atoms with Crippen molar-refractivity contribution in [3.8, 4) is 16.9 Å². The van der Waals surface area contributed by atoms with E-state index in [0.717, 1.165) is 35.2 Å². The van der Waals surface area contributed by atoms with Crippen LogP contribution in [-0.2, 0) is 25.6 Å². The maximum atomic E-state index is 14.4. The molecule has 10 heteroatoms. The van der Waals surface area contributed by atoms with Gasteiger partial charge in [0.1, 0.15) is 5.75 Å². The topological polar surface area (TPSA) is 147 Å². The number of ketones is 4. The number of ether oxygens (including phenoxy) is 1. The molecule has 0 radical (unpaired) electrons. The summed E-state index contributed by atoms with van der Waals surface area (Å²) in [5.41, 5.74) is 6.48. The van der Waals surface area contributed by atoms with Gasteiger partial charge in [-0.3, -0.25) is 28.9 Å². The molecule has 2 unspecified atom stereocenters. The number of Topliss-reactive ketones (excluding diaryl/α,β-unsaturated/α-hetero) is 4. The van der Waals surface area contributed by atoms with E-state index in [2.05, 4.69) is 0 Å². The van der Waals surface area contributed by atoms with Gasteiger partial charge in [0.25, 0.3) is 0 Å². The molecule has 3 aliphatic carbocycles. The Balaban J connectivity index is 1.65. The number of nitrogens with two attached hydrogens (primary N) is 1. The summed E-state index contributed by atoms with van der Waals surface area (Å²) in [5, 5.41) is 11.9. The zero-order chi connectivity index (χ0) is 31.4. The Labute approximate surface area is 251 Å². The summed E-state index contributed by atoms with van der Waals surface area (Å²) < 4.78 is 6.05. The molecule has 0 bridgehead atoms. The lowest BCUT2D eigenvalue weighted by Gasteiger charge is -2.52. The molecule has 2 aromatic rings. The molecule has 0 aliphatic heterocycles. The molecule has 0 aromatic heterocycles. The smallest absolute Gasteiger partial charge is 0.235 e. The number of benzene rings is 2. The summed E-state index contributed by atoms with van der Waals surface area (Å²) in [6, 6.07) is 10.5. The van der Waals surface area contributed by atoms with Gasteiger partial charge in [-0.15, -0.1) is 0 Å². The number of hydrogen-bond acceptors (Lipinski definition) is 9. The van der Waals surface area contributed by atoms with Crippen LogP contribution in [0.15, 0.2) is 36.4 Å². The number of aliphatic hydroxyl groups is 1. The van der Waals surface area contributed by atoms with Crippen LogP contribution in [-0.4, -0.2) is 85.5 Å². The summed E-state index contributed by atoms with van der Waals surface area (Å²) >= 11 is 0. The average molecular weight is 590 g/mol. The summed E-state index contributed by atoms with van der Waals surface area (Å²) in [4.78, 5) is 71.2. The van der Waals surface area contributed by atoms with Gasteiger partial charge in [-0.25, -0.2) is 0 Å². The Morgan fingerprint density at radius 2 is 1.70 bits per heavy atom. The predicted molar refractivity (Wildman–Crippen MR) is 160 cm³/mol. The highest BCUT2D eigenvalue weighted by Gasteiger charge is 2.69. The normalized spacial score (nSPS) is 28.3. The predicted octanol–water partition coefficient (Wildman–Crippen LogP) is 2.07. The number of unbranched alkanes of at least 4 members (excludes halogenated alkanes) is 1. The van der Waals surface area contributed by atoms with Crippen LogP contribution < -0.4 is 15.4 Å². The van der Waals surface area contributed by atoms with E-state index in [1.807, 2.05) is 56.3 Å². The van der Waals surface area contributed by atoms with Crippen molar-refractivity contribution in [3.63, 3.8) is 0 Å². The van der Waals surface area contributed by atoms with Crippen molar-refractivity contribution in [1.82, 2.24) is 4.90 Å². The summed E-state index contributed by atoms with van der Waals surface area (Å²) in [6.45, 7) is 2.41. The number of primary amides is 1. The Kier molecular flexibility index (Phi) is 8.04. The molecule has 2 fully saturated rings. The molecule has 3 N–H and O–H groups in total. The maximum Gasteiger partial charge on any atom is 0.235 e. The van der Waals surface area contributed by atoms with Crippen LogP contribution in [0.5, 0.6) is 5.75 Å². The van der Waals surface area contributed by atoms with E-state index >= 15 is 0 Å². The first-order chi connectivity index (χ1) is 20.3. The number of amides is 1. The molecule has 2 saturated carbocycles. The van der Waals surface area contributed by atoms with Gasteiger partial charge in [-0.05, 0) is 74.2 Å². The third kappa shape index (κ3) is 4.77. The van der Waals surface area contributed by atoms with Crippen molar-refractivity contribution in [2.75, 3.05) is 39.7 Å². The van der Waals surface area contributed by atoms with Gasteiger partial charge >= 0.3 is 0 Å². The molecule has 2 aromatic carbocycles. The van der Waals surface area contributed by atoms with E-state index < -0.39 is 64.4 Å². The molecule has 43 heavy (non-hydrogen) atoms. The van der Waals surface area contributed by atoms with Crippen molar-refractivity contribution in [2.45, 2.75) is 44.2 Å². The minimum atomic E-state index is -2.69. The van der Waals surface area contributed by atoms with E-state index in [0.29, 0.717) is 18.8 Å². The number of carbonyl (C=O) groups excluding carboxylic acids is 5. The van der Waals surface area contributed by atoms with Crippen LogP contribution in [0.2, 0.25) is 0 Å². The van der Waals surface area contributed by atoms with E-state index in [4.69, 9.17) is 10.5 Å². The molecular formula is C33H39N3O7. The molecule has 0 spiro atoms. The number of rotatable bonds is 8. The van der Waals surface area contributed by atoms with Crippen molar-refractivity contribution in [2.24, 2.45) is 29.4 Å². The highest BCUT2D eigenvalue weighted by molar-refractivity contribution is 6.32. The van der Waals surface area contributed by atoms with E-state index in [9.17, 15) is 29.1 Å². The van der Waals surface area contributed by atoms with E-state index in [1.54, 1.807) is 20.2 Å². The lowest BCUT2D eigenvalue weighted by atomic mass is 9.52. The highest BCUT2D eigenvalue weighted by atomic mass is 16.5. The zero-order valence-electron chi connectivity index (χ0n) is 25.3. The standard InChI is InChI=1S/C33H39N3O7/c1-6-7-14-43-23-13-12-20(17-8-10-19(11-9-17)35(2)3)21-15-18-16-22-27(36(4)5)29(38)26(32(34)41)31(40)33(22,42)30(39)24(18)28(37)25(21)23/h8-13,18,22,24,26-27,42H,6-7,14-16H2,1-5H3,(H2,34,41)/t18-,22-,24?,26?,27-,33-/m0/s1. The monoisotopic (exact) mass is 589 g/mol. The number of hydrogen-bond donors (Lipinski definition) is 2. The van der Waals surface area contributed by atoms with Crippen molar-refractivity contribution in [1.29, 1.82) is 0 Å². The molecule has 0 heterocycles. The SMILES string of the molecule is CCCCOc1ccc(-c2ccc(N(C)C)cc2)c2c1C(=O)C1C(=O)[C@]3(O)C(=O)C(C(N)=O)C(=O)[C@@H](N(C)C)[C@@H]3C[C@@H]1C2. The minimum Gasteiger partial charge on any atom is -0.493 e. The number of carbonyl (C=O) groups is 5. The second-order valence-electron chi connectivity index (χ2n) is 12.4. The largest absolute Gasteiger partial charge is 0.493 e. The summed E-state index contributed by atoms with van der Waals surface area (Å²) in [5.74, 6) is -9.34. The van der Waals surface area contributed by atoms with Crippen molar-refractivity contribution < 1.29 is 33.8 Å². The first-order valence-corrected chi connectivity index (χ1v) is 14.8. The van der Waals surface area contributed by atoms with Gasteiger partial charge < -0.3 is 20.5 Å². The Morgan fingerprint density at radius 1 is 1.02 bits per heavy atom. The van der Waals surface area contributed by atoms with Gasteiger partial charge in [0.15, 0.2) is 34.7 Å². The first-order valence-electron chi connectivity index (χ1n) is 14.8. The Hall–Kier alpha value is -3.89. The van der Waals surface area contributed by atoms with Crippen LogP contribution in [0.25, 0.3) is 11.1 Å². The molecule has 1 amide bonds. The fourth-order valence-electron chi connectivity index (χ4n) is 7.25. The lowest BCUT2D eigenvalue weighted by Crippen LogP contribution is -2.74. The lowest BCUT2D eigenvalue weighted by molar-refractivity contribution is -0.181. The molecule has 0 saturated heterocycles. The van der Waals surface area contributed by atoms with Gasteiger partial charge in [0.05, 0.1) is 24.1 Å². The quantitative estimate of drug-likeness (QED) is 0.349. The molecule has 10 nitrogen and oxygen atoms in total. The fourth-order valence-corrected chi connectivity index (χ4v) is 7.25. The molecule has 3 aliphatic rings.